The van der Waals surface area contributed by atoms with Gasteiger partial charge in [-0.1, -0.05) is 45.2 Å². The summed E-state index contributed by atoms with van der Waals surface area (Å²) in [5.74, 6) is 0.803. The van der Waals surface area contributed by atoms with Crippen molar-refractivity contribution in [3.8, 4) is 5.75 Å². The Kier molecular flexibility index (Phi) is 5.19. The third kappa shape index (κ3) is 3.60. The Bertz CT molecular complexity index is 632. The van der Waals surface area contributed by atoms with E-state index in [2.05, 4.69) is 21.2 Å². The van der Waals surface area contributed by atoms with Gasteiger partial charge in [-0.25, -0.2) is 0 Å². The topological polar surface area (TPSA) is 21.3 Å². The molecule has 5 heteroatoms. The summed E-state index contributed by atoms with van der Waals surface area (Å²) >= 11 is 15.4. The Labute approximate surface area is 137 Å². The molecule has 0 bridgehead atoms. The molecule has 0 saturated heterocycles. The molecule has 2 rings (SSSR count). The van der Waals surface area contributed by atoms with Crippen molar-refractivity contribution in [3.05, 3.63) is 56.0 Å². The van der Waals surface area contributed by atoms with Gasteiger partial charge in [0.05, 0.1) is 22.8 Å². The number of nitrogens with one attached hydrogen (secondary N) is 1. The van der Waals surface area contributed by atoms with E-state index < -0.39 is 0 Å². The zero-order chi connectivity index (χ0) is 14.7. The minimum atomic E-state index is 0.561. The summed E-state index contributed by atoms with van der Waals surface area (Å²) in [4.78, 5) is 0. The first kappa shape index (κ1) is 15.5. The zero-order valence-corrected chi connectivity index (χ0v) is 14.2. The molecule has 0 saturated carbocycles. The van der Waals surface area contributed by atoms with Crippen LogP contribution in [0.1, 0.15) is 11.1 Å². The van der Waals surface area contributed by atoms with E-state index in [1.54, 1.807) is 13.2 Å². The van der Waals surface area contributed by atoms with Crippen molar-refractivity contribution in [1.29, 1.82) is 0 Å². The van der Waals surface area contributed by atoms with Crippen molar-refractivity contribution in [1.82, 2.24) is 0 Å². The van der Waals surface area contributed by atoms with Crippen LogP contribution in [0, 0.1) is 6.92 Å². The second kappa shape index (κ2) is 6.70. The smallest absolute Gasteiger partial charge is 0.143 e. The first-order valence-electron chi connectivity index (χ1n) is 6.03. The largest absolute Gasteiger partial charge is 0.495 e. The molecule has 0 radical (unpaired) electrons. The van der Waals surface area contributed by atoms with E-state index in [0.29, 0.717) is 16.6 Å². The molecule has 0 aliphatic carbocycles. The van der Waals surface area contributed by atoms with Gasteiger partial charge >= 0.3 is 0 Å². The first-order chi connectivity index (χ1) is 9.51. The highest BCUT2D eigenvalue weighted by atomic mass is 79.9. The predicted molar refractivity (Wildman–Crippen MR) is 89.2 cm³/mol. The van der Waals surface area contributed by atoms with E-state index in [0.717, 1.165) is 27.0 Å². The van der Waals surface area contributed by atoms with Gasteiger partial charge in [0.1, 0.15) is 5.75 Å². The van der Waals surface area contributed by atoms with Crippen molar-refractivity contribution >= 4 is 44.8 Å². The summed E-state index contributed by atoms with van der Waals surface area (Å²) in [5, 5.41) is 4.50. The SMILES string of the molecule is COc1cc(Br)cc(C)c1NCc1ccc(Cl)c(Cl)c1. The number of aryl methyl sites for hydroxylation is 1. The van der Waals surface area contributed by atoms with E-state index in [1.165, 1.54) is 0 Å². The Balaban J connectivity index is 2.20. The van der Waals surface area contributed by atoms with Crippen LogP contribution in [0.2, 0.25) is 10.0 Å². The summed E-state index contributed by atoms with van der Waals surface area (Å²) in [5.41, 5.74) is 3.14. The van der Waals surface area contributed by atoms with Crippen LogP contribution in [0.5, 0.6) is 5.75 Å². The molecule has 0 aliphatic rings. The fourth-order valence-corrected chi connectivity index (χ4v) is 2.81. The number of halogens is 3. The molecule has 0 spiro atoms. The van der Waals surface area contributed by atoms with Crippen molar-refractivity contribution in [2.24, 2.45) is 0 Å². The van der Waals surface area contributed by atoms with Crippen molar-refractivity contribution in [2.75, 3.05) is 12.4 Å². The molecule has 0 heterocycles. The summed E-state index contributed by atoms with van der Waals surface area (Å²) in [6.07, 6.45) is 0. The molecule has 0 aromatic heterocycles. The third-order valence-corrected chi connectivity index (χ3v) is 4.13. The van der Waals surface area contributed by atoms with Gasteiger partial charge < -0.3 is 10.1 Å². The second-order valence-electron chi connectivity index (χ2n) is 4.40. The fourth-order valence-electron chi connectivity index (χ4n) is 1.94. The molecule has 20 heavy (non-hydrogen) atoms. The molecule has 0 aliphatic heterocycles. The van der Waals surface area contributed by atoms with Crippen molar-refractivity contribution in [3.63, 3.8) is 0 Å². The van der Waals surface area contributed by atoms with Crippen LogP contribution in [0.3, 0.4) is 0 Å². The van der Waals surface area contributed by atoms with E-state index in [-0.39, 0.29) is 0 Å². The fraction of sp³-hybridized carbons (Fsp3) is 0.200. The molecular formula is C15H14BrCl2NO. The van der Waals surface area contributed by atoms with Crippen LogP contribution >= 0.6 is 39.1 Å². The molecule has 2 nitrogen and oxygen atoms in total. The molecule has 2 aromatic carbocycles. The maximum Gasteiger partial charge on any atom is 0.143 e. The number of ether oxygens (including phenoxy) is 1. The Morgan fingerprint density at radius 3 is 2.55 bits per heavy atom. The quantitative estimate of drug-likeness (QED) is 0.742. The first-order valence-corrected chi connectivity index (χ1v) is 7.58. The molecule has 0 amide bonds. The molecule has 106 valence electrons. The maximum atomic E-state index is 6.02. The lowest BCUT2D eigenvalue weighted by molar-refractivity contribution is 0.416. The summed E-state index contributed by atoms with van der Waals surface area (Å²) in [6.45, 7) is 2.68. The molecular weight excluding hydrogens is 361 g/mol. The highest BCUT2D eigenvalue weighted by Gasteiger charge is 2.08. The number of benzene rings is 2. The second-order valence-corrected chi connectivity index (χ2v) is 6.13. The highest BCUT2D eigenvalue weighted by Crippen LogP contribution is 2.32. The van der Waals surface area contributed by atoms with Crippen LogP contribution < -0.4 is 10.1 Å². The number of hydrogen-bond acceptors (Lipinski definition) is 2. The number of anilines is 1. The van der Waals surface area contributed by atoms with Gasteiger partial charge in [-0.2, -0.15) is 0 Å². The third-order valence-electron chi connectivity index (χ3n) is 2.94. The molecule has 0 fully saturated rings. The monoisotopic (exact) mass is 373 g/mol. The van der Waals surface area contributed by atoms with Crippen LogP contribution in [0.4, 0.5) is 5.69 Å². The van der Waals surface area contributed by atoms with Gasteiger partial charge in [0.15, 0.2) is 0 Å². The summed E-state index contributed by atoms with van der Waals surface area (Å²) in [7, 11) is 1.66. The minimum Gasteiger partial charge on any atom is -0.495 e. The summed E-state index contributed by atoms with van der Waals surface area (Å²) < 4.78 is 6.39. The Hall–Kier alpha value is -0.900. The highest BCUT2D eigenvalue weighted by molar-refractivity contribution is 9.10. The lowest BCUT2D eigenvalue weighted by atomic mass is 10.1. The standard InChI is InChI=1S/C15H14BrCl2NO/c1-9-5-11(16)7-14(20-2)15(9)19-8-10-3-4-12(17)13(18)6-10/h3-7,19H,8H2,1-2H3. The molecule has 1 N–H and O–H groups in total. The lowest BCUT2D eigenvalue weighted by Crippen LogP contribution is -2.03. The molecule has 2 aromatic rings. The Morgan fingerprint density at radius 1 is 1.15 bits per heavy atom. The van der Waals surface area contributed by atoms with Crippen molar-refractivity contribution < 1.29 is 4.74 Å². The van der Waals surface area contributed by atoms with Crippen LogP contribution in [0.15, 0.2) is 34.8 Å². The lowest BCUT2D eigenvalue weighted by Gasteiger charge is -2.15. The number of hydrogen-bond donors (Lipinski definition) is 1. The van der Waals surface area contributed by atoms with Gasteiger partial charge in [0.25, 0.3) is 0 Å². The maximum absolute atomic E-state index is 6.02. The van der Waals surface area contributed by atoms with Crippen LogP contribution in [0.25, 0.3) is 0 Å². The Morgan fingerprint density at radius 2 is 1.90 bits per heavy atom. The van der Waals surface area contributed by atoms with E-state index >= 15 is 0 Å². The van der Waals surface area contributed by atoms with Gasteiger partial charge in [0, 0.05) is 11.0 Å². The number of rotatable bonds is 4. The normalized spacial score (nSPS) is 10.4. The summed E-state index contributed by atoms with van der Waals surface area (Å²) in [6, 6.07) is 9.58. The average molecular weight is 375 g/mol. The van der Waals surface area contributed by atoms with E-state index in [9.17, 15) is 0 Å². The van der Waals surface area contributed by atoms with E-state index in [4.69, 9.17) is 27.9 Å². The predicted octanol–water partition coefficient (Wildman–Crippen LogP) is 5.69. The van der Waals surface area contributed by atoms with E-state index in [1.807, 2.05) is 31.2 Å². The zero-order valence-electron chi connectivity index (χ0n) is 11.1. The number of methoxy groups -OCH3 is 1. The van der Waals surface area contributed by atoms with Crippen molar-refractivity contribution in [2.45, 2.75) is 13.5 Å². The van der Waals surface area contributed by atoms with Gasteiger partial charge in [-0.3, -0.25) is 0 Å². The molecule has 0 atom stereocenters. The van der Waals surface area contributed by atoms with Crippen LogP contribution in [-0.4, -0.2) is 7.11 Å². The van der Waals surface area contributed by atoms with Gasteiger partial charge in [-0.05, 0) is 42.3 Å². The molecule has 0 unspecified atom stereocenters. The average Bonchev–Trinajstić information content (AvgIpc) is 2.40. The minimum absolute atomic E-state index is 0.561. The van der Waals surface area contributed by atoms with Crippen LogP contribution in [-0.2, 0) is 6.54 Å². The van der Waals surface area contributed by atoms with Gasteiger partial charge in [0.2, 0.25) is 0 Å². The van der Waals surface area contributed by atoms with Gasteiger partial charge in [-0.15, -0.1) is 0 Å².